The Morgan fingerprint density at radius 1 is 1.45 bits per heavy atom. The molecule has 2 N–H and O–H groups in total. The second-order valence-electron chi connectivity index (χ2n) is 5.95. The highest BCUT2D eigenvalue weighted by Crippen LogP contribution is 2.34. The predicted molar refractivity (Wildman–Crippen MR) is 81.0 cm³/mol. The van der Waals surface area contributed by atoms with Gasteiger partial charge in [0.1, 0.15) is 5.82 Å². The minimum absolute atomic E-state index is 0.0392. The minimum atomic E-state index is -0.514. The van der Waals surface area contributed by atoms with Crippen LogP contribution in [0.5, 0.6) is 0 Å². The summed E-state index contributed by atoms with van der Waals surface area (Å²) in [6.07, 6.45) is 2.12. The van der Waals surface area contributed by atoms with E-state index < -0.39 is 11.7 Å². The van der Waals surface area contributed by atoms with E-state index >= 15 is 0 Å². The van der Waals surface area contributed by atoms with Crippen LogP contribution in [0.4, 0.5) is 10.1 Å². The molecule has 0 saturated carbocycles. The first-order valence-electron chi connectivity index (χ1n) is 7.64. The number of piperidine rings is 1. The molecule has 1 fully saturated rings. The van der Waals surface area contributed by atoms with Crippen LogP contribution in [0.1, 0.15) is 30.7 Å². The van der Waals surface area contributed by atoms with Crippen LogP contribution in [0.25, 0.3) is 0 Å². The fourth-order valence-corrected chi connectivity index (χ4v) is 3.29. The lowest BCUT2D eigenvalue weighted by Gasteiger charge is -2.36. The summed E-state index contributed by atoms with van der Waals surface area (Å²) < 4.78 is 13.3. The Morgan fingerprint density at radius 2 is 2.27 bits per heavy atom. The number of likely N-dealkylation sites (N-methyl/N-ethyl adjacent to an activating group) is 1. The summed E-state index contributed by atoms with van der Waals surface area (Å²) in [4.78, 5) is 26.5. The molecular weight excluding hydrogens is 285 g/mol. The highest BCUT2D eigenvalue weighted by atomic mass is 19.1. The molecule has 0 aliphatic carbocycles. The molecule has 2 amide bonds. The molecule has 5 nitrogen and oxygen atoms in total. The third kappa shape index (κ3) is 2.83. The molecule has 1 aromatic carbocycles. The average molecular weight is 305 g/mol. The number of rotatable bonds is 2. The van der Waals surface area contributed by atoms with Crippen molar-refractivity contribution in [1.29, 1.82) is 0 Å². The Kier molecular flexibility index (Phi) is 4.11. The van der Waals surface area contributed by atoms with Crippen LogP contribution in [0.15, 0.2) is 18.2 Å². The largest absolute Gasteiger partial charge is 0.341 e. The molecule has 2 heterocycles. The standard InChI is InChI=1S/C16H20FN3O2/c1-18-11-3-2-6-20(9-11)16(22)13-8-15(21)19-14-7-10(17)4-5-12(13)14/h4-5,7,11,13,18H,2-3,6,8-9H2,1H3,(H,19,21). The second kappa shape index (κ2) is 6.04. The van der Waals surface area contributed by atoms with Gasteiger partial charge in [-0.1, -0.05) is 6.07 Å². The van der Waals surface area contributed by atoms with E-state index in [4.69, 9.17) is 0 Å². The molecule has 22 heavy (non-hydrogen) atoms. The van der Waals surface area contributed by atoms with Crippen LogP contribution in [0.3, 0.4) is 0 Å². The van der Waals surface area contributed by atoms with Crippen molar-refractivity contribution >= 4 is 17.5 Å². The van der Waals surface area contributed by atoms with Gasteiger partial charge < -0.3 is 15.5 Å². The maximum atomic E-state index is 13.3. The van der Waals surface area contributed by atoms with Gasteiger partial charge in [0, 0.05) is 31.2 Å². The molecule has 118 valence electrons. The van der Waals surface area contributed by atoms with Gasteiger partial charge in [0.2, 0.25) is 11.8 Å². The molecule has 2 unspecified atom stereocenters. The lowest BCUT2D eigenvalue weighted by Crippen LogP contribution is -2.49. The topological polar surface area (TPSA) is 61.4 Å². The van der Waals surface area contributed by atoms with Crippen LogP contribution in [0.2, 0.25) is 0 Å². The fraction of sp³-hybridized carbons (Fsp3) is 0.500. The molecule has 2 atom stereocenters. The lowest BCUT2D eigenvalue weighted by atomic mass is 9.88. The molecular formula is C16H20FN3O2. The highest BCUT2D eigenvalue weighted by Gasteiger charge is 2.35. The number of nitrogens with one attached hydrogen (secondary N) is 2. The maximum absolute atomic E-state index is 13.3. The fourth-order valence-electron chi connectivity index (χ4n) is 3.29. The van der Waals surface area contributed by atoms with Gasteiger partial charge in [-0.25, -0.2) is 4.39 Å². The number of fused-ring (bicyclic) bond motifs is 1. The van der Waals surface area contributed by atoms with Crippen molar-refractivity contribution in [3.05, 3.63) is 29.6 Å². The Hall–Kier alpha value is -1.95. The summed E-state index contributed by atoms with van der Waals surface area (Å²) in [7, 11) is 1.89. The number of carbonyl (C=O) groups excluding carboxylic acids is 2. The van der Waals surface area contributed by atoms with Crippen LogP contribution in [-0.2, 0) is 9.59 Å². The SMILES string of the molecule is CNC1CCCN(C(=O)C2CC(=O)Nc3cc(F)ccc32)C1. The summed E-state index contributed by atoms with van der Waals surface area (Å²) in [5.74, 6) is -1.21. The Morgan fingerprint density at radius 3 is 3.05 bits per heavy atom. The molecule has 0 radical (unpaired) electrons. The van der Waals surface area contributed by atoms with Crippen molar-refractivity contribution in [1.82, 2.24) is 10.2 Å². The number of halogens is 1. The van der Waals surface area contributed by atoms with Crippen LogP contribution in [-0.4, -0.2) is 42.9 Å². The number of nitrogens with zero attached hydrogens (tertiary/aromatic N) is 1. The van der Waals surface area contributed by atoms with E-state index in [2.05, 4.69) is 10.6 Å². The zero-order valence-electron chi connectivity index (χ0n) is 12.6. The van der Waals surface area contributed by atoms with E-state index in [0.717, 1.165) is 12.8 Å². The zero-order chi connectivity index (χ0) is 15.7. The van der Waals surface area contributed by atoms with E-state index in [1.807, 2.05) is 11.9 Å². The van der Waals surface area contributed by atoms with E-state index in [1.165, 1.54) is 12.1 Å². The molecule has 2 aliphatic heterocycles. The summed E-state index contributed by atoms with van der Waals surface area (Å²) >= 11 is 0. The van der Waals surface area contributed by atoms with Crippen molar-refractivity contribution < 1.29 is 14.0 Å². The molecule has 0 spiro atoms. The van der Waals surface area contributed by atoms with Crippen LogP contribution in [0, 0.1) is 5.82 Å². The molecule has 0 bridgehead atoms. The number of hydrogen-bond donors (Lipinski definition) is 2. The van der Waals surface area contributed by atoms with Gasteiger partial charge >= 0.3 is 0 Å². The van der Waals surface area contributed by atoms with Crippen molar-refractivity contribution in [3.63, 3.8) is 0 Å². The van der Waals surface area contributed by atoms with E-state index in [0.29, 0.717) is 30.4 Å². The third-order valence-corrected chi connectivity index (χ3v) is 4.49. The Bertz CT molecular complexity index is 605. The first-order valence-corrected chi connectivity index (χ1v) is 7.64. The molecule has 6 heteroatoms. The molecule has 1 saturated heterocycles. The van der Waals surface area contributed by atoms with Crippen molar-refractivity contribution in [2.24, 2.45) is 0 Å². The average Bonchev–Trinajstić information content (AvgIpc) is 2.53. The number of carbonyl (C=O) groups is 2. The minimum Gasteiger partial charge on any atom is -0.341 e. The molecule has 3 rings (SSSR count). The normalized spacial score (nSPS) is 24.6. The van der Waals surface area contributed by atoms with Crippen LogP contribution >= 0.6 is 0 Å². The number of anilines is 1. The van der Waals surface area contributed by atoms with Gasteiger partial charge in [-0.15, -0.1) is 0 Å². The first kappa shape index (κ1) is 15.0. The van der Waals surface area contributed by atoms with Gasteiger partial charge in [0.15, 0.2) is 0 Å². The molecule has 2 aliphatic rings. The second-order valence-corrected chi connectivity index (χ2v) is 5.95. The molecule has 0 aromatic heterocycles. The van der Waals surface area contributed by atoms with Crippen LogP contribution < -0.4 is 10.6 Å². The smallest absolute Gasteiger partial charge is 0.230 e. The van der Waals surface area contributed by atoms with Crippen molar-refractivity contribution in [2.45, 2.75) is 31.2 Å². The highest BCUT2D eigenvalue weighted by molar-refractivity contribution is 6.01. The van der Waals surface area contributed by atoms with E-state index in [1.54, 1.807) is 6.07 Å². The van der Waals surface area contributed by atoms with Crippen molar-refractivity contribution in [2.75, 3.05) is 25.5 Å². The number of likely N-dealkylation sites (tertiary alicyclic amines) is 1. The monoisotopic (exact) mass is 305 g/mol. The van der Waals surface area contributed by atoms with Gasteiger partial charge in [-0.2, -0.15) is 0 Å². The summed E-state index contributed by atoms with van der Waals surface area (Å²) in [6.45, 7) is 1.37. The van der Waals surface area contributed by atoms with E-state index in [9.17, 15) is 14.0 Å². The third-order valence-electron chi connectivity index (χ3n) is 4.49. The number of amides is 2. The van der Waals surface area contributed by atoms with Gasteiger partial charge in [0.05, 0.1) is 5.92 Å². The van der Waals surface area contributed by atoms with Gasteiger partial charge in [-0.05, 0) is 37.6 Å². The maximum Gasteiger partial charge on any atom is 0.230 e. The Labute approximate surface area is 128 Å². The predicted octanol–water partition coefficient (Wildman–Crippen LogP) is 1.46. The van der Waals surface area contributed by atoms with E-state index in [-0.39, 0.29) is 18.2 Å². The zero-order valence-corrected chi connectivity index (χ0v) is 12.6. The number of hydrogen-bond acceptors (Lipinski definition) is 3. The quantitative estimate of drug-likeness (QED) is 0.869. The molecule has 1 aromatic rings. The van der Waals surface area contributed by atoms with Gasteiger partial charge in [-0.3, -0.25) is 9.59 Å². The summed E-state index contributed by atoms with van der Waals surface area (Å²) in [6, 6.07) is 4.51. The summed E-state index contributed by atoms with van der Waals surface area (Å²) in [5.41, 5.74) is 1.12. The first-order chi connectivity index (χ1) is 10.6. The Balaban J connectivity index is 1.85. The lowest BCUT2D eigenvalue weighted by molar-refractivity contribution is -0.136. The van der Waals surface area contributed by atoms with Gasteiger partial charge in [0.25, 0.3) is 0 Å². The number of benzene rings is 1. The summed E-state index contributed by atoms with van der Waals surface area (Å²) in [5, 5.41) is 5.85. The van der Waals surface area contributed by atoms with Crippen molar-refractivity contribution in [3.8, 4) is 0 Å².